The third-order valence-electron chi connectivity index (χ3n) is 4.60. The number of amides is 1. The highest BCUT2D eigenvalue weighted by Gasteiger charge is 2.23. The fourth-order valence-electron chi connectivity index (χ4n) is 2.80. The third-order valence-corrected chi connectivity index (χ3v) is 4.60. The summed E-state index contributed by atoms with van der Waals surface area (Å²) in [4.78, 5) is 24.8. The molecule has 2 aromatic rings. The van der Waals surface area contributed by atoms with E-state index in [4.69, 9.17) is 15.7 Å². The van der Waals surface area contributed by atoms with E-state index in [0.29, 0.717) is 11.1 Å². The van der Waals surface area contributed by atoms with E-state index < -0.39 is 12.0 Å². The van der Waals surface area contributed by atoms with Crippen LogP contribution in [0.3, 0.4) is 0 Å². The molecule has 1 unspecified atom stereocenters. The van der Waals surface area contributed by atoms with Gasteiger partial charge in [-0.3, -0.25) is 4.79 Å². The van der Waals surface area contributed by atoms with Crippen molar-refractivity contribution in [2.45, 2.75) is 38.6 Å². The van der Waals surface area contributed by atoms with E-state index in [2.05, 4.69) is 31.2 Å². The van der Waals surface area contributed by atoms with Crippen molar-refractivity contribution in [3.63, 3.8) is 0 Å². The lowest BCUT2D eigenvalue weighted by Crippen LogP contribution is -2.43. The molecule has 7 nitrogen and oxygen atoms in total. The fraction of sp³-hybridized carbons (Fsp3) is 0.318. The van der Waals surface area contributed by atoms with Gasteiger partial charge in [-0.15, -0.1) is 0 Å². The topological polar surface area (TPSA) is 114 Å². The third kappa shape index (κ3) is 5.81. The van der Waals surface area contributed by atoms with Crippen LogP contribution in [0.25, 0.3) is 0 Å². The number of rotatable bonds is 6. The standard InChI is InChI=1S/C22H27N3O4/c1-22(2,3)17-11-9-16(10-12-17)20(26)24-18(21(27)29-4)13-14-5-7-15(8-6-14)19(23)25-28/h5-12,18,28H,13H2,1-4H3,(H2,23,25)(H,24,26). The molecule has 1 atom stereocenters. The maximum atomic E-state index is 12.6. The van der Waals surface area contributed by atoms with Crippen molar-refractivity contribution in [1.82, 2.24) is 5.32 Å². The number of hydrogen-bond donors (Lipinski definition) is 3. The molecule has 0 spiro atoms. The molecule has 0 aliphatic carbocycles. The maximum Gasteiger partial charge on any atom is 0.328 e. The molecule has 0 aliphatic heterocycles. The van der Waals surface area contributed by atoms with Crippen LogP contribution in [0.2, 0.25) is 0 Å². The number of nitrogens with two attached hydrogens (primary N) is 1. The van der Waals surface area contributed by atoms with Gasteiger partial charge in [0, 0.05) is 17.5 Å². The van der Waals surface area contributed by atoms with Gasteiger partial charge in [0.05, 0.1) is 7.11 Å². The second-order valence-corrected chi connectivity index (χ2v) is 7.76. The molecule has 4 N–H and O–H groups in total. The molecule has 2 rings (SSSR count). The van der Waals surface area contributed by atoms with Crippen molar-refractivity contribution in [3.8, 4) is 0 Å². The Kier molecular flexibility index (Phi) is 6.98. The largest absolute Gasteiger partial charge is 0.467 e. The number of methoxy groups -OCH3 is 1. The lowest BCUT2D eigenvalue weighted by molar-refractivity contribution is -0.142. The second-order valence-electron chi connectivity index (χ2n) is 7.76. The molecule has 0 saturated carbocycles. The predicted molar refractivity (Wildman–Crippen MR) is 111 cm³/mol. The quantitative estimate of drug-likeness (QED) is 0.228. The number of ether oxygens (including phenoxy) is 1. The minimum absolute atomic E-state index is 0.00641. The molecular formula is C22H27N3O4. The zero-order chi connectivity index (χ0) is 21.6. The molecular weight excluding hydrogens is 370 g/mol. The average molecular weight is 397 g/mol. The highest BCUT2D eigenvalue weighted by Crippen LogP contribution is 2.22. The van der Waals surface area contributed by atoms with E-state index in [1.165, 1.54) is 7.11 Å². The van der Waals surface area contributed by atoms with E-state index in [9.17, 15) is 9.59 Å². The Morgan fingerprint density at radius 1 is 1.07 bits per heavy atom. The zero-order valence-corrected chi connectivity index (χ0v) is 17.1. The van der Waals surface area contributed by atoms with Crippen LogP contribution in [0.15, 0.2) is 53.7 Å². The molecule has 0 aromatic heterocycles. The van der Waals surface area contributed by atoms with Gasteiger partial charge in [0.25, 0.3) is 5.91 Å². The molecule has 0 bridgehead atoms. The number of carbonyl (C=O) groups excluding carboxylic acids is 2. The summed E-state index contributed by atoms with van der Waals surface area (Å²) in [6, 6.07) is 13.3. The van der Waals surface area contributed by atoms with E-state index in [-0.39, 0.29) is 23.6 Å². The molecule has 0 radical (unpaired) electrons. The number of amidine groups is 1. The van der Waals surface area contributed by atoms with Crippen LogP contribution in [0, 0.1) is 0 Å². The van der Waals surface area contributed by atoms with Crippen LogP contribution in [-0.4, -0.2) is 36.1 Å². The molecule has 0 fully saturated rings. The predicted octanol–water partition coefficient (Wildman–Crippen LogP) is 2.59. The van der Waals surface area contributed by atoms with Crippen LogP contribution in [0.1, 0.15) is 47.8 Å². The summed E-state index contributed by atoms with van der Waals surface area (Å²) in [5.74, 6) is -0.896. The summed E-state index contributed by atoms with van der Waals surface area (Å²) in [5.41, 5.74) is 8.46. The molecule has 29 heavy (non-hydrogen) atoms. The zero-order valence-electron chi connectivity index (χ0n) is 17.1. The van der Waals surface area contributed by atoms with E-state index in [1.54, 1.807) is 36.4 Å². The second kappa shape index (κ2) is 9.23. The molecule has 0 saturated heterocycles. The number of oxime groups is 1. The van der Waals surface area contributed by atoms with Gasteiger partial charge < -0.3 is 21.0 Å². The van der Waals surface area contributed by atoms with Gasteiger partial charge in [0.1, 0.15) is 6.04 Å². The normalized spacial score (nSPS) is 12.9. The highest BCUT2D eigenvalue weighted by molar-refractivity contribution is 5.97. The SMILES string of the molecule is COC(=O)C(Cc1ccc(/C(N)=N\O)cc1)NC(=O)c1ccc(C(C)(C)C)cc1. The van der Waals surface area contributed by atoms with Gasteiger partial charge >= 0.3 is 5.97 Å². The van der Waals surface area contributed by atoms with Crippen LogP contribution >= 0.6 is 0 Å². The van der Waals surface area contributed by atoms with Gasteiger partial charge in [0.2, 0.25) is 0 Å². The van der Waals surface area contributed by atoms with Gasteiger partial charge in [-0.05, 0) is 28.7 Å². The van der Waals surface area contributed by atoms with Gasteiger partial charge in [-0.2, -0.15) is 0 Å². The summed E-state index contributed by atoms with van der Waals surface area (Å²) in [7, 11) is 1.28. The summed E-state index contributed by atoms with van der Waals surface area (Å²) in [5, 5.41) is 14.4. The summed E-state index contributed by atoms with van der Waals surface area (Å²) < 4.78 is 4.84. The first kappa shape index (κ1) is 21.9. The Hall–Kier alpha value is -3.35. The lowest BCUT2D eigenvalue weighted by Gasteiger charge is -2.20. The Balaban J connectivity index is 2.14. The van der Waals surface area contributed by atoms with Crippen LogP contribution in [0.4, 0.5) is 0 Å². The van der Waals surface area contributed by atoms with Crippen molar-refractivity contribution in [2.75, 3.05) is 7.11 Å². The summed E-state index contributed by atoms with van der Waals surface area (Å²) in [6.45, 7) is 6.29. The molecule has 1 amide bonds. The van der Waals surface area contributed by atoms with Crippen LogP contribution in [-0.2, 0) is 21.4 Å². The number of carbonyl (C=O) groups is 2. The Labute approximate surface area is 170 Å². The Bertz CT molecular complexity index is 882. The highest BCUT2D eigenvalue weighted by atomic mass is 16.5. The fourth-order valence-corrected chi connectivity index (χ4v) is 2.80. The first-order chi connectivity index (χ1) is 13.7. The van der Waals surface area contributed by atoms with Crippen molar-refractivity contribution in [3.05, 3.63) is 70.8 Å². The van der Waals surface area contributed by atoms with E-state index in [0.717, 1.165) is 11.1 Å². The number of nitrogens with one attached hydrogen (secondary N) is 1. The van der Waals surface area contributed by atoms with Crippen LogP contribution < -0.4 is 11.1 Å². The minimum atomic E-state index is -0.843. The minimum Gasteiger partial charge on any atom is -0.467 e. The molecule has 154 valence electrons. The number of nitrogens with zero attached hydrogens (tertiary/aromatic N) is 1. The molecule has 0 heterocycles. The van der Waals surface area contributed by atoms with E-state index in [1.807, 2.05) is 12.1 Å². The Morgan fingerprint density at radius 2 is 1.62 bits per heavy atom. The van der Waals surface area contributed by atoms with Crippen molar-refractivity contribution >= 4 is 17.7 Å². The summed E-state index contributed by atoms with van der Waals surface area (Å²) >= 11 is 0. The van der Waals surface area contributed by atoms with Crippen molar-refractivity contribution in [2.24, 2.45) is 10.9 Å². The number of hydrogen-bond acceptors (Lipinski definition) is 5. The van der Waals surface area contributed by atoms with Crippen molar-refractivity contribution < 1.29 is 19.5 Å². The number of esters is 1. The molecule has 0 aliphatic rings. The Morgan fingerprint density at radius 3 is 2.10 bits per heavy atom. The number of benzene rings is 2. The molecule has 7 heteroatoms. The first-order valence-corrected chi connectivity index (χ1v) is 9.21. The van der Waals surface area contributed by atoms with Crippen LogP contribution in [0.5, 0.6) is 0 Å². The van der Waals surface area contributed by atoms with E-state index >= 15 is 0 Å². The summed E-state index contributed by atoms with van der Waals surface area (Å²) in [6.07, 6.45) is 0.245. The maximum absolute atomic E-state index is 12.6. The smallest absolute Gasteiger partial charge is 0.328 e. The average Bonchev–Trinajstić information content (AvgIpc) is 2.72. The van der Waals surface area contributed by atoms with Crippen molar-refractivity contribution in [1.29, 1.82) is 0 Å². The molecule has 2 aromatic carbocycles. The van der Waals surface area contributed by atoms with Gasteiger partial charge in [0.15, 0.2) is 5.84 Å². The monoisotopic (exact) mass is 397 g/mol. The first-order valence-electron chi connectivity index (χ1n) is 9.21. The van der Waals surface area contributed by atoms with Gasteiger partial charge in [-0.25, -0.2) is 4.79 Å². The lowest BCUT2D eigenvalue weighted by atomic mass is 9.86. The van der Waals surface area contributed by atoms with Gasteiger partial charge in [-0.1, -0.05) is 62.3 Å².